The number of ether oxygens (including phenoxy) is 2. The molecule has 0 fully saturated rings. The van der Waals surface area contributed by atoms with Gasteiger partial charge in [0.2, 0.25) is 0 Å². The third-order valence-electron chi connectivity index (χ3n) is 3.51. The quantitative estimate of drug-likeness (QED) is 0.530. The van der Waals surface area contributed by atoms with Crippen LogP contribution < -0.4 is 9.47 Å². The van der Waals surface area contributed by atoms with Gasteiger partial charge >= 0.3 is 6.11 Å². The predicted molar refractivity (Wildman–Crippen MR) is 92.5 cm³/mol. The van der Waals surface area contributed by atoms with Crippen LogP contribution in [0.1, 0.15) is 37.8 Å². The van der Waals surface area contributed by atoms with Gasteiger partial charge in [0.1, 0.15) is 22.9 Å². The average Bonchev–Trinajstić information content (AvgIpc) is 2.57. The molecule has 0 radical (unpaired) electrons. The van der Waals surface area contributed by atoms with Crippen LogP contribution in [0.15, 0.2) is 48.5 Å². The van der Waals surface area contributed by atoms with Crippen LogP contribution in [-0.2, 0) is 6.11 Å². The Morgan fingerprint density at radius 2 is 1.72 bits per heavy atom. The lowest BCUT2D eigenvalue weighted by Crippen LogP contribution is -2.23. The minimum absolute atomic E-state index is 0.0408. The molecule has 2 aromatic carbocycles. The monoisotopic (exact) mass is 350 g/mol. The van der Waals surface area contributed by atoms with Gasteiger partial charge in [-0.2, -0.15) is 8.78 Å². The van der Waals surface area contributed by atoms with Crippen molar-refractivity contribution in [1.29, 1.82) is 0 Å². The number of alkyl halides is 2. The van der Waals surface area contributed by atoms with Gasteiger partial charge < -0.3 is 9.47 Å². The largest absolute Gasteiger partial charge is 0.493 e. The highest BCUT2D eigenvalue weighted by Gasteiger charge is 2.37. The van der Waals surface area contributed by atoms with Crippen LogP contribution in [0.4, 0.5) is 13.2 Å². The van der Waals surface area contributed by atoms with Crippen molar-refractivity contribution in [3.8, 4) is 11.5 Å². The molecular weight excluding hydrogens is 329 g/mol. The lowest BCUT2D eigenvalue weighted by atomic mass is 10.1. The molecule has 25 heavy (non-hydrogen) atoms. The molecule has 0 N–H and O–H groups in total. The van der Waals surface area contributed by atoms with Crippen molar-refractivity contribution < 1.29 is 22.6 Å². The Balaban J connectivity index is 2.12. The third-order valence-corrected chi connectivity index (χ3v) is 3.51. The molecular formula is C20H21F3O2. The SMILES string of the molecule is C/C=C/c1ccc(OC(F)(F)c2ccc(OCCCC)cc2F)cc1. The van der Waals surface area contributed by atoms with Gasteiger partial charge in [0, 0.05) is 6.07 Å². The Hall–Kier alpha value is -2.43. The lowest BCUT2D eigenvalue weighted by Gasteiger charge is -2.19. The second kappa shape index (κ2) is 8.60. The summed E-state index contributed by atoms with van der Waals surface area (Å²) in [5, 5.41) is 0. The van der Waals surface area contributed by atoms with E-state index in [-0.39, 0.29) is 11.5 Å². The van der Waals surface area contributed by atoms with Crippen molar-refractivity contribution in [2.24, 2.45) is 0 Å². The van der Waals surface area contributed by atoms with Gasteiger partial charge in [0.25, 0.3) is 0 Å². The van der Waals surface area contributed by atoms with Crippen molar-refractivity contribution in [2.45, 2.75) is 32.8 Å². The van der Waals surface area contributed by atoms with E-state index in [4.69, 9.17) is 9.47 Å². The molecule has 0 aliphatic rings. The predicted octanol–water partition coefficient (Wildman–Crippen LogP) is 6.17. The first-order chi connectivity index (χ1) is 12.0. The molecule has 0 aliphatic heterocycles. The van der Waals surface area contributed by atoms with E-state index in [9.17, 15) is 13.2 Å². The summed E-state index contributed by atoms with van der Waals surface area (Å²) in [6.45, 7) is 4.27. The molecule has 0 saturated carbocycles. The van der Waals surface area contributed by atoms with E-state index in [2.05, 4.69) is 0 Å². The van der Waals surface area contributed by atoms with Gasteiger partial charge in [0.15, 0.2) is 0 Å². The van der Waals surface area contributed by atoms with Crippen LogP contribution >= 0.6 is 0 Å². The van der Waals surface area contributed by atoms with Gasteiger partial charge in [-0.15, -0.1) is 0 Å². The first-order valence-electron chi connectivity index (χ1n) is 8.18. The Bertz CT molecular complexity index is 709. The first kappa shape index (κ1) is 18.9. The molecule has 0 bridgehead atoms. The number of hydrogen-bond acceptors (Lipinski definition) is 2. The zero-order chi connectivity index (χ0) is 18.3. The van der Waals surface area contributed by atoms with E-state index in [1.165, 1.54) is 18.2 Å². The van der Waals surface area contributed by atoms with E-state index < -0.39 is 17.5 Å². The summed E-state index contributed by atoms with van der Waals surface area (Å²) in [6.07, 6.45) is 1.63. The van der Waals surface area contributed by atoms with E-state index in [1.807, 2.05) is 26.0 Å². The molecule has 134 valence electrons. The Labute approximate surface area is 145 Å². The number of halogens is 3. The lowest BCUT2D eigenvalue weighted by molar-refractivity contribution is -0.187. The molecule has 0 unspecified atom stereocenters. The standard InChI is InChI=1S/C20H21F3O2/c1-3-5-13-24-17-11-12-18(19(21)14-17)20(22,23)25-16-9-7-15(6-4-2)8-10-16/h4,6-12,14H,3,5,13H2,1-2H3/b6-4+. The molecule has 2 rings (SSSR count). The summed E-state index contributed by atoms with van der Waals surface area (Å²) in [6, 6.07) is 9.40. The maximum Gasteiger partial charge on any atom is 0.429 e. The Morgan fingerprint density at radius 3 is 2.32 bits per heavy atom. The number of benzene rings is 2. The van der Waals surface area contributed by atoms with E-state index in [0.29, 0.717) is 6.61 Å². The smallest absolute Gasteiger partial charge is 0.429 e. The summed E-state index contributed by atoms with van der Waals surface area (Å²) in [5.41, 5.74) is 0.0331. The Kier molecular flexibility index (Phi) is 6.51. The highest BCUT2D eigenvalue weighted by Crippen LogP contribution is 2.34. The van der Waals surface area contributed by atoms with Crippen molar-refractivity contribution in [2.75, 3.05) is 6.61 Å². The number of hydrogen-bond donors (Lipinski definition) is 0. The second-order valence-electron chi connectivity index (χ2n) is 5.53. The van der Waals surface area contributed by atoms with Gasteiger partial charge in [-0.25, -0.2) is 4.39 Å². The summed E-state index contributed by atoms with van der Waals surface area (Å²) in [4.78, 5) is 0. The minimum atomic E-state index is -3.78. The minimum Gasteiger partial charge on any atom is -0.493 e. The van der Waals surface area contributed by atoms with Crippen molar-refractivity contribution >= 4 is 6.08 Å². The maximum absolute atomic E-state index is 14.3. The summed E-state index contributed by atoms with van der Waals surface area (Å²) in [5.74, 6) is -0.883. The molecule has 0 heterocycles. The summed E-state index contributed by atoms with van der Waals surface area (Å²) < 4.78 is 52.6. The number of allylic oxidation sites excluding steroid dienone is 1. The first-order valence-corrected chi connectivity index (χ1v) is 8.18. The topological polar surface area (TPSA) is 18.5 Å². The van der Waals surface area contributed by atoms with Crippen LogP contribution in [0.25, 0.3) is 6.08 Å². The van der Waals surface area contributed by atoms with E-state index >= 15 is 0 Å². The zero-order valence-corrected chi connectivity index (χ0v) is 14.3. The molecule has 5 heteroatoms. The fourth-order valence-electron chi connectivity index (χ4n) is 2.20. The molecule has 0 amide bonds. The van der Waals surface area contributed by atoms with Gasteiger partial charge in [0.05, 0.1) is 6.61 Å². The van der Waals surface area contributed by atoms with Crippen LogP contribution in [0.5, 0.6) is 11.5 Å². The van der Waals surface area contributed by atoms with E-state index in [0.717, 1.165) is 30.5 Å². The van der Waals surface area contributed by atoms with E-state index in [1.54, 1.807) is 12.1 Å². The highest BCUT2D eigenvalue weighted by molar-refractivity contribution is 5.50. The molecule has 2 nitrogen and oxygen atoms in total. The maximum atomic E-state index is 14.3. The van der Waals surface area contributed by atoms with Gasteiger partial charge in [-0.05, 0) is 43.2 Å². The van der Waals surface area contributed by atoms with Gasteiger partial charge in [-0.1, -0.05) is 37.6 Å². The molecule has 0 aliphatic carbocycles. The fourth-order valence-corrected chi connectivity index (χ4v) is 2.20. The average molecular weight is 350 g/mol. The molecule has 0 aromatic heterocycles. The summed E-state index contributed by atoms with van der Waals surface area (Å²) >= 11 is 0. The fraction of sp³-hybridized carbons (Fsp3) is 0.300. The second-order valence-corrected chi connectivity index (χ2v) is 5.53. The normalized spacial score (nSPS) is 11.7. The molecule has 0 saturated heterocycles. The zero-order valence-electron chi connectivity index (χ0n) is 14.3. The Morgan fingerprint density at radius 1 is 1.04 bits per heavy atom. The van der Waals surface area contributed by atoms with Gasteiger partial charge in [-0.3, -0.25) is 0 Å². The van der Waals surface area contributed by atoms with Crippen molar-refractivity contribution in [1.82, 2.24) is 0 Å². The molecule has 0 atom stereocenters. The van der Waals surface area contributed by atoms with Crippen molar-refractivity contribution in [3.05, 3.63) is 65.5 Å². The third kappa shape index (κ3) is 5.28. The van der Waals surface area contributed by atoms with Crippen LogP contribution in [0.3, 0.4) is 0 Å². The molecule has 0 spiro atoms. The highest BCUT2D eigenvalue weighted by atomic mass is 19.3. The number of rotatable bonds is 8. The van der Waals surface area contributed by atoms with Crippen LogP contribution in [0, 0.1) is 5.82 Å². The van der Waals surface area contributed by atoms with Crippen LogP contribution in [-0.4, -0.2) is 6.61 Å². The van der Waals surface area contributed by atoms with Crippen molar-refractivity contribution in [3.63, 3.8) is 0 Å². The summed E-state index contributed by atoms with van der Waals surface area (Å²) in [7, 11) is 0. The molecule has 2 aromatic rings. The van der Waals surface area contributed by atoms with Crippen LogP contribution in [0.2, 0.25) is 0 Å². The number of unbranched alkanes of at least 4 members (excludes halogenated alkanes) is 1.